The van der Waals surface area contributed by atoms with Crippen LogP contribution in [0.5, 0.6) is 11.5 Å². The van der Waals surface area contributed by atoms with Gasteiger partial charge in [0.2, 0.25) is 0 Å². The molecule has 0 aliphatic carbocycles. The van der Waals surface area contributed by atoms with E-state index in [0.717, 1.165) is 11.1 Å². The molecule has 102 valence electrons. The molecular formula is C14H19N3O2. The molecule has 0 fully saturated rings. The number of hydrogen-bond donors (Lipinski definition) is 3. The highest BCUT2D eigenvalue weighted by Crippen LogP contribution is 2.29. The van der Waals surface area contributed by atoms with Gasteiger partial charge in [0.15, 0.2) is 0 Å². The molecule has 0 amide bonds. The van der Waals surface area contributed by atoms with Gasteiger partial charge in [-0.25, -0.2) is 0 Å². The number of ether oxygens (including phenoxy) is 1. The number of hydrogen-bond acceptors (Lipinski definition) is 4. The van der Waals surface area contributed by atoms with Crippen LogP contribution in [0.25, 0.3) is 0 Å². The smallest absolute Gasteiger partial charge is 0.124 e. The predicted octanol–water partition coefficient (Wildman–Crippen LogP) is 2.54. The molecule has 2 atom stereocenters. The molecule has 5 nitrogen and oxygen atoms in total. The molecule has 2 rings (SSSR count). The van der Waals surface area contributed by atoms with Crippen molar-refractivity contribution in [2.75, 3.05) is 7.11 Å². The van der Waals surface area contributed by atoms with Crippen molar-refractivity contribution < 1.29 is 9.84 Å². The van der Waals surface area contributed by atoms with Gasteiger partial charge in [-0.1, -0.05) is 6.07 Å². The minimum absolute atomic E-state index is 0.0239. The Bertz CT molecular complexity index is 525. The molecule has 0 bridgehead atoms. The topological polar surface area (TPSA) is 70.2 Å². The maximum atomic E-state index is 10.00. The van der Waals surface area contributed by atoms with Crippen molar-refractivity contribution >= 4 is 0 Å². The number of nitrogens with zero attached hydrogens (tertiary/aromatic N) is 1. The first kappa shape index (κ1) is 13.4. The van der Waals surface area contributed by atoms with Gasteiger partial charge in [-0.05, 0) is 19.9 Å². The van der Waals surface area contributed by atoms with Crippen LogP contribution in [0.4, 0.5) is 0 Å². The van der Waals surface area contributed by atoms with E-state index in [4.69, 9.17) is 4.74 Å². The van der Waals surface area contributed by atoms with E-state index < -0.39 is 0 Å². The van der Waals surface area contributed by atoms with Gasteiger partial charge in [-0.3, -0.25) is 5.10 Å². The number of phenolic OH excluding ortho intramolecular Hbond substituents is 1. The van der Waals surface area contributed by atoms with Gasteiger partial charge >= 0.3 is 0 Å². The van der Waals surface area contributed by atoms with E-state index in [-0.39, 0.29) is 17.8 Å². The average molecular weight is 261 g/mol. The molecule has 1 heterocycles. The second-order valence-corrected chi connectivity index (χ2v) is 4.57. The number of H-pyrrole nitrogens is 1. The number of aromatic hydroxyl groups is 1. The Balaban J connectivity index is 2.09. The largest absolute Gasteiger partial charge is 0.507 e. The monoisotopic (exact) mass is 261 g/mol. The molecule has 1 aromatic heterocycles. The summed E-state index contributed by atoms with van der Waals surface area (Å²) in [6.07, 6.45) is 3.65. The van der Waals surface area contributed by atoms with Gasteiger partial charge in [0.05, 0.1) is 13.3 Å². The molecule has 3 N–H and O–H groups in total. The first-order valence-corrected chi connectivity index (χ1v) is 6.23. The summed E-state index contributed by atoms with van der Waals surface area (Å²) in [6, 6.07) is 5.51. The van der Waals surface area contributed by atoms with Crippen LogP contribution in [0.1, 0.15) is 37.1 Å². The minimum atomic E-state index is 0.0239. The molecule has 2 aromatic rings. The van der Waals surface area contributed by atoms with Gasteiger partial charge < -0.3 is 15.2 Å². The van der Waals surface area contributed by atoms with Gasteiger partial charge in [-0.2, -0.15) is 5.10 Å². The van der Waals surface area contributed by atoms with E-state index >= 15 is 0 Å². The lowest BCUT2D eigenvalue weighted by Crippen LogP contribution is -2.22. The molecule has 5 heteroatoms. The van der Waals surface area contributed by atoms with Crippen LogP contribution in [0.2, 0.25) is 0 Å². The lowest BCUT2D eigenvalue weighted by atomic mass is 10.0. The van der Waals surface area contributed by atoms with Gasteiger partial charge in [0.1, 0.15) is 11.5 Å². The number of aromatic amines is 1. The Kier molecular flexibility index (Phi) is 4.06. The fraction of sp³-hybridized carbons (Fsp3) is 0.357. The number of phenols is 1. The molecule has 2 unspecified atom stereocenters. The molecule has 0 saturated heterocycles. The van der Waals surface area contributed by atoms with Crippen LogP contribution < -0.4 is 10.1 Å². The number of aromatic nitrogens is 2. The van der Waals surface area contributed by atoms with Crippen LogP contribution >= 0.6 is 0 Å². The summed E-state index contributed by atoms with van der Waals surface area (Å²) in [5.74, 6) is 0.884. The highest BCUT2D eigenvalue weighted by atomic mass is 16.5. The highest BCUT2D eigenvalue weighted by molar-refractivity contribution is 5.41. The van der Waals surface area contributed by atoms with Crippen molar-refractivity contribution in [3.05, 3.63) is 41.7 Å². The maximum Gasteiger partial charge on any atom is 0.124 e. The fourth-order valence-corrected chi connectivity index (χ4v) is 2.08. The van der Waals surface area contributed by atoms with Crippen LogP contribution in [-0.4, -0.2) is 22.4 Å². The van der Waals surface area contributed by atoms with Crippen molar-refractivity contribution in [1.82, 2.24) is 15.5 Å². The van der Waals surface area contributed by atoms with E-state index in [2.05, 4.69) is 22.4 Å². The van der Waals surface area contributed by atoms with Crippen LogP contribution in [0.15, 0.2) is 30.6 Å². The van der Waals surface area contributed by atoms with E-state index in [9.17, 15) is 5.11 Å². The van der Waals surface area contributed by atoms with Crippen molar-refractivity contribution in [3.8, 4) is 11.5 Å². The third-order valence-electron chi connectivity index (χ3n) is 3.22. The molecule has 19 heavy (non-hydrogen) atoms. The zero-order valence-corrected chi connectivity index (χ0v) is 11.3. The van der Waals surface area contributed by atoms with Crippen molar-refractivity contribution in [1.29, 1.82) is 0 Å². The Morgan fingerprint density at radius 3 is 2.68 bits per heavy atom. The second kappa shape index (κ2) is 5.75. The molecule has 0 spiro atoms. The third-order valence-corrected chi connectivity index (χ3v) is 3.22. The average Bonchev–Trinajstić information content (AvgIpc) is 2.92. The van der Waals surface area contributed by atoms with Gasteiger partial charge in [0, 0.05) is 35.5 Å². The molecule has 0 aliphatic heterocycles. The number of methoxy groups -OCH3 is 1. The summed E-state index contributed by atoms with van der Waals surface area (Å²) >= 11 is 0. The molecular weight excluding hydrogens is 242 g/mol. The predicted molar refractivity (Wildman–Crippen MR) is 73.2 cm³/mol. The summed E-state index contributed by atoms with van der Waals surface area (Å²) < 4.78 is 5.08. The fourth-order valence-electron chi connectivity index (χ4n) is 2.08. The van der Waals surface area contributed by atoms with E-state index in [0.29, 0.717) is 5.75 Å². The SMILES string of the molecule is COc1ccc(C(C)NC(C)c2cn[nH]c2)c(O)c1. The molecule has 0 aliphatic rings. The summed E-state index contributed by atoms with van der Waals surface area (Å²) in [5, 5.41) is 20.1. The Morgan fingerprint density at radius 1 is 1.32 bits per heavy atom. The maximum absolute atomic E-state index is 10.00. The summed E-state index contributed by atoms with van der Waals surface area (Å²) in [4.78, 5) is 0. The Labute approximate surface area is 112 Å². The lowest BCUT2D eigenvalue weighted by Gasteiger charge is -2.20. The van der Waals surface area contributed by atoms with Crippen molar-refractivity contribution in [2.24, 2.45) is 0 Å². The first-order chi connectivity index (χ1) is 9.11. The molecule has 0 radical (unpaired) electrons. The van der Waals surface area contributed by atoms with Gasteiger partial charge in [-0.15, -0.1) is 0 Å². The number of benzene rings is 1. The van der Waals surface area contributed by atoms with Gasteiger partial charge in [0.25, 0.3) is 0 Å². The zero-order valence-electron chi connectivity index (χ0n) is 11.3. The Hall–Kier alpha value is -2.01. The van der Waals surface area contributed by atoms with E-state index in [1.807, 2.05) is 25.3 Å². The van der Waals surface area contributed by atoms with Crippen molar-refractivity contribution in [2.45, 2.75) is 25.9 Å². The van der Waals surface area contributed by atoms with Crippen LogP contribution in [0, 0.1) is 0 Å². The molecule has 0 saturated carbocycles. The van der Waals surface area contributed by atoms with E-state index in [1.54, 1.807) is 19.4 Å². The number of rotatable bonds is 5. The summed E-state index contributed by atoms with van der Waals surface area (Å²) in [5.41, 5.74) is 1.93. The quantitative estimate of drug-likeness (QED) is 0.773. The summed E-state index contributed by atoms with van der Waals surface area (Å²) in [6.45, 7) is 4.07. The second-order valence-electron chi connectivity index (χ2n) is 4.57. The first-order valence-electron chi connectivity index (χ1n) is 6.23. The third kappa shape index (κ3) is 3.06. The van der Waals surface area contributed by atoms with Crippen LogP contribution in [0.3, 0.4) is 0 Å². The lowest BCUT2D eigenvalue weighted by molar-refractivity contribution is 0.402. The zero-order chi connectivity index (χ0) is 13.8. The standard InChI is InChI=1S/C14H19N3O2/c1-9(11-7-15-16-8-11)17-10(2)13-5-4-12(19-3)6-14(13)18/h4-10,17-18H,1-3H3,(H,15,16). The Morgan fingerprint density at radius 2 is 2.11 bits per heavy atom. The molecule has 1 aromatic carbocycles. The van der Waals surface area contributed by atoms with Crippen molar-refractivity contribution in [3.63, 3.8) is 0 Å². The highest BCUT2D eigenvalue weighted by Gasteiger charge is 2.15. The minimum Gasteiger partial charge on any atom is -0.507 e. The summed E-state index contributed by atoms with van der Waals surface area (Å²) in [7, 11) is 1.58. The number of nitrogens with one attached hydrogen (secondary N) is 2. The van der Waals surface area contributed by atoms with E-state index in [1.165, 1.54) is 0 Å². The normalized spacial score (nSPS) is 14.1. The van der Waals surface area contributed by atoms with Crippen LogP contribution in [-0.2, 0) is 0 Å².